The maximum Gasteiger partial charge on any atom is 0.302 e. The van der Waals surface area contributed by atoms with E-state index >= 15 is 0 Å². The molecule has 1 heterocycles. The summed E-state index contributed by atoms with van der Waals surface area (Å²) in [5.74, 6) is -0.205. The van der Waals surface area contributed by atoms with Gasteiger partial charge in [-0.25, -0.2) is 0 Å². The number of hydrogen-bond acceptors (Lipinski definition) is 4. The molecular weight excluding hydrogens is 326 g/mol. The van der Waals surface area contributed by atoms with Crippen molar-refractivity contribution in [1.82, 2.24) is 5.06 Å². The van der Waals surface area contributed by atoms with E-state index in [9.17, 15) is 4.79 Å². The lowest BCUT2D eigenvalue weighted by atomic mass is 9.63. The second-order valence-corrected chi connectivity index (χ2v) is 8.23. The molecule has 0 spiro atoms. The second kappa shape index (κ2) is 8.10. The van der Waals surface area contributed by atoms with Crippen molar-refractivity contribution < 1.29 is 14.4 Å². The number of rotatable bonds is 6. The Balaban J connectivity index is 2.35. The van der Waals surface area contributed by atoms with Gasteiger partial charge in [-0.2, -0.15) is 5.06 Å². The van der Waals surface area contributed by atoms with E-state index in [0.717, 1.165) is 19.3 Å². The van der Waals surface area contributed by atoms with Crippen molar-refractivity contribution in [3.63, 3.8) is 0 Å². The van der Waals surface area contributed by atoms with Crippen LogP contribution in [0.4, 0.5) is 0 Å². The number of esters is 1. The van der Waals surface area contributed by atoms with E-state index in [-0.39, 0.29) is 35.2 Å². The third kappa shape index (κ3) is 3.81. The lowest BCUT2D eigenvalue weighted by Gasteiger charge is -2.60. The van der Waals surface area contributed by atoms with E-state index in [0.29, 0.717) is 0 Å². The molecule has 1 aliphatic rings. The highest BCUT2D eigenvalue weighted by atomic mass is 16.7. The number of carbonyl (C=O) groups is 1. The zero-order chi connectivity index (χ0) is 19.5. The van der Waals surface area contributed by atoms with Crippen LogP contribution in [-0.2, 0) is 14.4 Å². The molecule has 0 radical (unpaired) electrons. The number of hydrogen-bond donors (Lipinski definition) is 0. The second-order valence-electron chi connectivity index (χ2n) is 8.23. The molecule has 0 saturated carbocycles. The molecule has 4 unspecified atom stereocenters. The van der Waals surface area contributed by atoms with Crippen molar-refractivity contribution in [2.45, 2.75) is 91.5 Å². The molecule has 4 heteroatoms. The van der Waals surface area contributed by atoms with Crippen LogP contribution >= 0.6 is 0 Å². The van der Waals surface area contributed by atoms with Gasteiger partial charge in [0.1, 0.15) is 12.2 Å². The highest BCUT2D eigenvalue weighted by molar-refractivity contribution is 5.66. The van der Waals surface area contributed by atoms with Crippen molar-refractivity contribution in [2.75, 3.05) is 0 Å². The van der Waals surface area contributed by atoms with Gasteiger partial charge in [-0.15, -0.1) is 0 Å². The molecule has 0 aliphatic carbocycles. The quantitative estimate of drug-likeness (QED) is 0.645. The predicted molar refractivity (Wildman–Crippen MR) is 105 cm³/mol. The van der Waals surface area contributed by atoms with Crippen molar-refractivity contribution in [1.29, 1.82) is 0 Å². The summed E-state index contributed by atoms with van der Waals surface area (Å²) < 4.78 is 5.75. The SMILES string of the molecule is CCC1CC(OC(C)=O)C(C)(C)C(C)(CC)N1OC(C)c1ccccc1. The van der Waals surface area contributed by atoms with Crippen molar-refractivity contribution in [3.8, 4) is 0 Å². The predicted octanol–water partition coefficient (Wildman–Crippen LogP) is 5.29. The number of benzene rings is 1. The van der Waals surface area contributed by atoms with Gasteiger partial charge >= 0.3 is 5.97 Å². The van der Waals surface area contributed by atoms with Gasteiger partial charge in [-0.05, 0) is 32.3 Å². The van der Waals surface area contributed by atoms with Crippen LogP contribution in [-0.4, -0.2) is 28.7 Å². The Labute approximate surface area is 158 Å². The van der Waals surface area contributed by atoms with Gasteiger partial charge in [-0.1, -0.05) is 58.0 Å². The normalized spacial score (nSPS) is 30.0. The maximum atomic E-state index is 11.7. The standard InChI is InChI=1S/C22H35NO3/c1-8-19-15-20(25-17(4)24)21(5,6)22(7,9-2)23(19)26-16(3)18-13-11-10-12-14-18/h10-14,16,19-20H,8-9,15H2,1-7H3. The minimum atomic E-state index is -0.241. The first kappa shape index (κ1) is 20.9. The zero-order valence-electron chi connectivity index (χ0n) is 17.4. The zero-order valence-corrected chi connectivity index (χ0v) is 17.4. The van der Waals surface area contributed by atoms with Crippen LogP contribution in [0.1, 0.15) is 79.4 Å². The lowest BCUT2D eigenvalue weighted by Crippen LogP contribution is -2.68. The van der Waals surface area contributed by atoms with E-state index in [4.69, 9.17) is 9.57 Å². The van der Waals surface area contributed by atoms with Crippen LogP contribution < -0.4 is 0 Å². The summed E-state index contributed by atoms with van der Waals surface area (Å²) in [4.78, 5) is 18.2. The van der Waals surface area contributed by atoms with Gasteiger partial charge in [0, 0.05) is 24.8 Å². The molecule has 0 N–H and O–H groups in total. The molecule has 1 saturated heterocycles. The van der Waals surface area contributed by atoms with Gasteiger partial charge in [0.25, 0.3) is 0 Å². The number of piperidine rings is 1. The summed E-state index contributed by atoms with van der Waals surface area (Å²) in [5.41, 5.74) is 0.700. The van der Waals surface area contributed by atoms with Crippen LogP contribution in [0.25, 0.3) is 0 Å². The number of ether oxygens (including phenoxy) is 1. The Morgan fingerprint density at radius 2 is 1.85 bits per heavy atom. The Hall–Kier alpha value is -1.39. The molecule has 0 aromatic heterocycles. The maximum absolute atomic E-state index is 11.7. The molecule has 1 fully saturated rings. The molecule has 4 nitrogen and oxygen atoms in total. The molecular formula is C22H35NO3. The highest BCUT2D eigenvalue weighted by Crippen LogP contribution is 2.50. The first-order valence-corrected chi connectivity index (χ1v) is 9.85. The summed E-state index contributed by atoms with van der Waals surface area (Å²) >= 11 is 0. The molecule has 0 amide bonds. The molecule has 1 aromatic carbocycles. The summed E-state index contributed by atoms with van der Waals surface area (Å²) in [7, 11) is 0. The minimum Gasteiger partial charge on any atom is -0.462 e. The van der Waals surface area contributed by atoms with Crippen molar-refractivity contribution >= 4 is 5.97 Å². The summed E-state index contributed by atoms with van der Waals surface area (Å²) in [6.45, 7) is 14.6. The molecule has 1 aromatic rings. The van der Waals surface area contributed by atoms with Gasteiger partial charge in [0.15, 0.2) is 0 Å². The van der Waals surface area contributed by atoms with Crippen molar-refractivity contribution in [3.05, 3.63) is 35.9 Å². The highest BCUT2D eigenvalue weighted by Gasteiger charge is 2.57. The van der Waals surface area contributed by atoms with Gasteiger partial charge in [0.05, 0.1) is 5.54 Å². The average Bonchev–Trinajstić information content (AvgIpc) is 2.61. The molecule has 146 valence electrons. The average molecular weight is 362 g/mol. The first-order valence-electron chi connectivity index (χ1n) is 9.85. The Morgan fingerprint density at radius 3 is 2.35 bits per heavy atom. The molecule has 1 aliphatic heterocycles. The number of carbonyl (C=O) groups excluding carboxylic acids is 1. The van der Waals surface area contributed by atoms with Gasteiger partial charge in [-0.3, -0.25) is 9.63 Å². The minimum absolute atomic E-state index is 0.0304. The van der Waals surface area contributed by atoms with Crippen molar-refractivity contribution in [2.24, 2.45) is 5.41 Å². The van der Waals surface area contributed by atoms with Crippen LogP contribution in [0.2, 0.25) is 0 Å². The lowest BCUT2D eigenvalue weighted by molar-refractivity contribution is -0.327. The van der Waals surface area contributed by atoms with Gasteiger partial charge in [0.2, 0.25) is 0 Å². The van der Waals surface area contributed by atoms with E-state index in [1.165, 1.54) is 12.5 Å². The summed E-state index contributed by atoms with van der Waals surface area (Å²) in [6, 6.07) is 10.5. The number of hydroxylamine groups is 2. The van der Waals surface area contributed by atoms with E-state index < -0.39 is 0 Å². The van der Waals surface area contributed by atoms with E-state index in [1.54, 1.807) is 0 Å². The van der Waals surface area contributed by atoms with Crippen LogP contribution in [0.5, 0.6) is 0 Å². The largest absolute Gasteiger partial charge is 0.462 e. The summed E-state index contributed by atoms with van der Waals surface area (Å²) in [6.07, 6.45) is 2.51. The molecule has 4 atom stereocenters. The number of nitrogens with zero attached hydrogens (tertiary/aromatic N) is 1. The van der Waals surface area contributed by atoms with E-state index in [2.05, 4.69) is 58.7 Å². The molecule has 2 rings (SSSR count). The van der Waals surface area contributed by atoms with Gasteiger partial charge < -0.3 is 4.74 Å². The van der Waals surface area contributed by atoms with E-state index in [1.807, 2.05) is 18.2 Å². The fourth-order valence-corrected chi connectivity index (χ4v) is 4.17. The molecule has 0 bridgehead atoms. The van der Waals surface area contributed by atoms with Crippen LogP contribution in [0.15, 0.2) is 30.3 Å². The monoisotopic (exact) mass is 361 g/mol. The topological polar surface area (TPSA) is 38.8 Å². The van der Waals surface area contributed by atoms with Crippen LogP contribution in [0, 0.1) is 5.41 Å². The first-order chi connectivity index (χ1) is 12.2. The summed E-state index contributed by atoms with van der Waals surface area (Å²) in [5, 5.41) is 2.21. The smallest absolute Gasteiger partial charge is 0.302 e. The fraction of sp³-hybridized carbons (Fsp3) is 0.682. The Morgan fingerprint density at radius 1 is 1.23 bits per heavy atom. The fourth-order valence-electron chi connectivity index (χ4n) is 4.17. The third-order valence-electron chi connectivity index (χ3n) is 6.51. The Kier molecular flexibility index (Phi) is 6.51. The van der Waals surface area contributed by atoms with Crippen LogP contribution in [0.3, 0.4) is 0 Å². The Bertz CT molecular complexity index is 601. The third-order valence-corrected chi connectivity index (χ3v) is 6.51. The molecule has 26 heavy (non-hydrogen) atoms.